The van der Waals surface area contributed by atoms with Gasteiger partial charge in [0.25, 0.3) is 0 Å². The van der Waals surface area contributed by atoms with Crippen molar-refractivity contribution in [2.24, 2.45) is 5.16 Å². The lowest BCUT2D eigenvalue weighted by Crippen LogP contribution is -2.65. The molecule has 0 saturated heterocycles. The van der Waals surface area contributed by atoms with Crippen molar-refractivity contribution >= 4 is 34.2 Å². The smallest absolute Gasteiger partial charge is 0.354 e. The molecular weight excluding hydrogens is 494 g/mol. The van der Waals surface area contributed by atoms with Crippen molar-refractivity contribution in [1.82, 2.24) is 0 Å². The standard InChI is InChI=1S/C31H33NO3SSi/c1-31(2,3)37(28-20-12-6-13-21-28,29-22-14-7-15-23-29)35-32-30(26-16-8-4-9-17-26)24-25-36(33,34)27-18-10-5-11-19-27/h4-23H,24-25H2,1-3H3/b32-30-. The van der Waals surface area contributed by atoms with Gasteiger partial charge in [-0.2, -0.15) is 0 Å². The fourth-order valence-corrected chi connectivity index (χ4v) is 9.98. The maximum Gasteiger partial charge on any atom is 0.354 e. The largest absolute Gasteiger partial charge is 0.443 e. The second kappa shape index (κ2) is 11.3. The molecule has 0 saturated carbocycles. The van der Waals surface area contributed by atoms with Gasteiger partial charge in [0.1, 0.15) is 0 Å². The lowest BCUT2D eigenvalue weighted by Gasteiger charge is -2.40. The summed E-state index contributed by atoms with van der Waals surface area (Å²) in [5.41, 5.74) is 1.47. The van der Waals surface area contributed by atoms with E-state index in [2.05, 4.69) is 45.0 Å². The number of hydrogen-bond donors (Lipinski definition) is 0. The molecule has 190 valence electrons. The third-order valence-corrected chi connectivity index (χ3v) is 13.0. The second-order valence-electron chi connectivity index (χ2n) is 10.0. The van der Waals surface area contributed by atoms with E-state index in [4.69, 9.17) is 9.68 Å². The first-order valence-corrected chi connectivity index (χ1v) is 16.0. The Labute approximate surface area is 221 Å². The summed E-state index contributed by atoms with van der Waals surface area (Å²) in [5.74, 6) is -0.0607. The molecule has 0 bridgehead atoms. The van der Waals surface area contributed by atoms with Crippen LogP contribution in [-0.4, -0.2) is 28.2 Å². The van der Waals surface area contributed by atoms with Gasteiger partial charge >= 0.3 is 8.32 Å². The maximum atomic E-state index is 13.1. The second-order valence-corrected chi connectivity index (χ2v) is 16.3. The predicted molar refractivity (Wildman–Crippen MR) is 155 cm³/mol. The zero-order valence-corrected chi connectivity index (χ0v) is 23.4. The van der Waals surface area contributed by atoms with Gasteiger partial charge < -0.3 is 4.53 Å². The predicted octanol–water partition coefficient (Wildman–Crippen LogP) is 5.83. The molecule has 0 aromatic heterocycles. The summed E-state index contributed by atoms with van der Waals surface area (Å²) >= 11 is 0. The van der Waals surface area contributed by atoms with E-state index in [1.807, 2.05) is 72.8 Å². The molecule has 0 aliphatic carbocycles. The molecule has 0 spiro atoms. The van der Waals surface area contributed by atoms with Gasteiger partial charge in [0.2, 0.25) is 0 Å². The van der Waals surface area contributed by atoms with Gasteiger partial charge in [-0.1, -0.05) is 130 Å². The number of hydrogen-bond acceptors (Lipinski definition) is 4. The fraction of sp³-hybridized carbons (Fsp3) is 0.194. The van der Waals surface area contributed by atoms with Crippen molar-refractivity contribution in [1.29, 1.82) is 0 Å². The zero-order chi connectivity index (χ0) is 26.4. The third kappa shape index (κ3) is 5.92. The Kier molecular flexibility index (Phi) is 8.10. The lowest BCUT2D eigenvalue weighted by atomic mass is 10.1. The van der Waals surface area contributed by atoms with Crippen LogP contribution in [0.1, 0.15) is 32.8 Å². The number of nitrogens with zero attached hydrogens (tertiary/aromatic N) is 1. The van der Waals surface area contributed by atoms with Crippen molar-refractivity contribution in [3.05, 3.63) is 127 Å². The maximum absolute atomic E-state index is 13.1. The van der Waals surface area contributed by atoms with Gasteiger partial charge in [-0.3, -0.25) is 0 Å². The number of sulfone groups is 1. The van der Waals surface area contributed by atoms with Crippen LogP contribution < -0.4 is 10.4 Å². The molecule has 6 heteroatoms. The van der Waals surface area contributed by atoms with Gasteiger partial charge in [-0.25, -0.2) is 8.42 Å². The van der Waals surface area contributed by atoms with Crippen LogP contribution in [0.3, 0.4) is 0 Å². The zero-order valence-electron chi connectivity index (χ0n) is 21.5. The molecule has 0 unspecified atom stereocenters. The SMILES string of the molecule is CC(C)(C)[Si](O/N=C(/CCS(=O)(=O)c1ccccc1)c1ccccc1)(c1ccccc1)c1ccccc1. The number of oxime groups is 1. The van der Waals surface area contributed by atoms with Crippen LogP contribution in [0, 0.1) is 0 Å². The van der Waals surface area contributed by atoms with Crippen molar-refractivity contribution in [3.63, 3.8) is 0 Å². The van der Waals surface area contributed by atoms with Gasteiger partial charge in [0.15, 0.2) is 9.84 Å². The summed E-state index contributed by atoms with van der Waals surface area (Å²) in [6.07, 6.45) is 0.236. The Morgan fingerprint density at radius 2 is 1.14 bits per heavy atom. The van der Waals surface area contributed by atoms with E-state index >= 15 is 0 Å². The molecule has 0 aliphatic rings. The van der Waals surface area contributed by atoms with Gasteiger partial charge in [-0.15, -0.1) is 5.16 Å². The van der Waals surface area contributed by atoms with Crippen molar-refractivity contribution in [2.45, 2.75) is 37.1 Å². The summed E-state index contributed by atoms with van der Waals surface area (Å²) in [6, 6.07) is 38.8. The lowest BCUT2D eigenvalue weighted by molar-refractivity contribution is 0.318. The van der Waals surface area contributed by atoms with Crippen LogP contribution in [-0.2, 0) is 14.4 Å². The van der Waals surface area contributed by atoms with E-state index in [0.29, 0.717) is 10.6 Å². The van der Waals surface area contributed by atoms with Crippen LogP contribution in [0.5, 0.6) is 0 Å². The van der Waals surface area contributed by atoms with Crippen LogP contribution >= 0.6 is 0 Å². The van der Waals surface area contributed by atoms with E-state index in [9.17, 15) is 8.42 Å². The van der Waals surface area contributed by atoms with E-state index < -0.39 is 18.2 Å². The van der Waals surface area contributed by atoms with Gasteiger partial charge in [0, 0.05) is 11.5 Å². The third-order valence-electron chi connectivity index (χ3n) is 6.53. The van der Waals surface area contributed by atoms with Crippen LogP contribution in [0.4, 0.5) is 0 Å². The average Bonchev–Trinajstić information content (AvgIpc) is 2.92. The molecular formula is C31H33NO3SSi. The molecule has 0 heterocycles. The molecule has 0 aliphatic heterocycles. The summed E-state index contributed by atoms with van der Waals surface area (Å²) < 4.78 is 33.0. The Hall–Kier alpha value is -3.48. The molecule has 0 atom stereocenters. The first kappa shape index (κ1) is 26.6. The van der Waals surface area contributed by atoms with Crippen LogP contribution in [0.2, 0.25) is 5.04 Å². The molecule has 4 rings (SSSR count). The molecule has 37 heavy (non-hydrogen) atoms. The Bertz CT molecular complexity index is 1380. The van der Waals surface area contributed by atoms with E-state index in [1.54, 1.807) is 24.3 Å². The first-order chi connectivity index (χ1) is 17.7. The van der Waals surface area contributed by atoms with Gasteiger partial charge in [-0.05, 0) is 28.1 Å². The molecule has 0 radical (unpaired) electrons. The minimum absolute atomic E-state index is 0.0607. The van der Waals surface area contributed by atoms with E-state index in [1.165, 1.54) is 0 Å². The number of rotatable bonds is 9. The monoisotopic (exact) mass is 527 g/mol. The summed E-state index contributed by atoms with van der Waals surface area (Å²) in [6.45, 7) is 6.57. The highest BCUT2D eigenvalue weighted by Gasteiger charge is 2.53. The number of benzene rings is 4. The highest BCUT2D eigenvalue weighted by atomic mass is 32.2. The quantitative estimate of drug-likeness (QED) is 0.156. The fourth-order valence-electron chi connectivity index (χ4n) is 4.59. The summed E-state index contributed by atoms with van der Waals surface area (Å²) in [7, 11) is -6.40. The Balaban J connectivity index is 1.79. The minimum atomic E-state index is -3.47. The molecule has 0 N–H and O–H groups in total. The average molecular weight is 528 g/mol. The van der Waals surface area contributed by atoms with Crippen LogP contribution in [0.25, 0.3) is 0 Å². The molecule has 4 aromatic carbocycles. The van der Waals surface area contributed by atoms with Crippen molar-refractivity contribution in [3.8, 4) is 0 Å². The Morgan fingerprint density at radius 1 is 0.703 bits per heavy atom. The van der Waals surface area contributed by atoms with Crippen molar-refractivity contribution < 1.29 is 12.9 Å². The first-order valence-electron chi connectivity index (χ1n) is 12.4. The van der Waals surface area contributed by atoms with E-state index in [0.717, 1.165) is 15.9 Å². The minimum Gasteiger partial charge on any atom is -0.443 e. The van der Waals surface area contributed by atoms with E-state index in [-0.39, 0.29) is 17.2 Å². The molecule has 0 fully saturated rings. The van der Waals surface area contributed by atoms with Crippen LogP contribution in [0.15, 0.2) is 131 Å². The molecule has 4 nitrogen and oxygen atoms in total. The summed E-state index contributed by atoms with van der Waals surface area (Å²) in [4.78, 5) is 0.315. The topological polar surface area (TPSA) is 55.7 Å². The molecule has 4 aromatic rings. The van der Waals surface area contributed by atoms with Crippen molar-refractivity contribution in [2.75, 3.05) is 5.75 Å². The van der Waals surface area contributed by atoms with Gasteiger partial charge in [0.05, 0.1) is 16.4 Å². The highest BCUT2D eigenvalue weighted by molar-refractivity contribution is 7.91. The highest BCUT2D eigenvalue weighted by Crippen LogP contribution is 2.37. The normalized spacial score (nSPS) is 12.8. The molecule has 0 amide bonds. The summed E-state index contributed by atoms with van der Waals surface area (Å²) in [5, 5.41) is 6.77. The Morgan fingerprint density at radius 3 is 1.59 bits per heavy atom.